The Hall–Kier alpha value is -4.61. The van der Waals surface area contributed by atoms with Gasteiger partial charge in [-0.3, -0.25) is 4.79 Å². The van der Waals surface area contributed by atoms with Crippen molar-refractivity contribution in [3.05, 3.63) is 106 Å². The fourth-order valence-electron chi connectivity index (χ4n) is 3.47. The molecule has 0 N–H and O–H groups in total. The smallest absolute Gasteiger partial charge is 0.200 e. The van der Waals surface area contributed by atoms with Gasteiger partial charge in [0.2, 0.25) is 5.43 Å². The zero-order valence-corrected chi connectivity index (χ0v) is 16.7. The number of ether oxygens (including phenoxy) is 1. The summed E-state index contributed by atoms with van der Waals surface area (Å²) in [7, 11) is 1.80. The Balaban J connectivity index is 1.80. The molecule has 0 radical (unpaired) electrons. The summed E-state index contributed by atoms with van der Waals surface area (Å²) >= 11 is 0. The highest BCUT2D eigenvalue weighted by molar-refractivity contribution is 5.73. The molecule has 0 aliphatic heterocycles. The van der Waals surface area contributed by atoms with E-state index in [9.17, 15) is 15.3 Å². The molecule has 0 spiro atoms. The van der Waals surface area contributed by atoms with Crippen LogP contribution in [0.25, 0.3) is 22.5 Å². The first-order valence-corrected chi connectivity index (χ1v) is 9.58. The van der Waals surface area contributed by atoms with Gasteiger partial charge in [0.05, 0.1) is 23.0 Å². The van der Waals surface area contributed by atoms with Gasteiger partial charge in [-0.2, -0.15) is 10.5 Å². The lowest BCUT2D eigenvalue weighted by molar-refractivity contribution is 0.483. The summed E-state index contributed by atoms with van der Waals surface area (Å²) in [6, 6.07) is 29.3. The summed E-state index contributed by atoms with van der Waals surface area (Å²) in [5, 5.41) is 18.9. The molecule has 148 valence electrons. The second-order valence-corrected chi connectivity index (χ2v) is 6.92. The number of para-hydroxylation sites is 1. The maximum Gasteiger partial charge on any atom is 0.200 e. The molecule has 0 aliphatic rings. The minimum Gasteiger partial charge on any atom is -0.457 e. The van der Waals surface area contributed by atoms with Crippen LogP contribution in [0.3, 0.4) is 0 Å². The fraction of sp³-hybridized carbons (Fsp3) is 0.0385. The van der Waals surface area contributed by atoms with E-state index in [0.29, 0.717) is 22.7 Å². The van der Waals surface area contributed by atoms with Gasteiger partial charge < -0.3 is 9.30 Å². The van der Waals surface area contributed by atoms with Crippen LogP contribution in [0, 0.1) is 22.7 Å². The van der Waals surface area contributed by atoms with Crippen molar-refractivity contribution in [2.24, 2.45) is 7.05 Å². The summed E-state index contributed by atoms with van der Waals surface area (Å²) < 4.78 is 7.64. The number of rotatable bonds is 4. The summed E-state index contributed by atoms with van der Waals surface area (Å²) in [6.45, 7) is 0. The summed E-state index contributed by atoms with van der Waals surface area (Å²) in [5.74, 6) is 1.37. The molecule has 0 atom stereocenters. The largest absolute Gasteiger partial charge is 0.457 e. The monoisotopic (exact) mass is 403 g/mol. The van der Waals surface area contributed by atoms with Crippen molar-refractivity contribution >= 4 is 0 Å². The van der Waals surface area contributed by atoms with Crippen LogP contribution in [0.15, 0.2) is 89.7 Å². The molecular weight excluding hydrogens is 386 g/mol. The van der Waals surface area contributed by atoms with Crippen LogP contribution in [0.5, 0.6) is 11.5 Å². The minimum atomic E-state index is -0.363. The molecule has 0 saturated carbocycles. The zero-order valence-electron chi connectivity index (χ0n) is 16.7. The first-order valence-electron chi connectivity index (χ1n) is 9.58. The average Bonchev–Trinajstić information content (AvgIpc) is 2.81. The predicted octanol–water partition coefficient (Wildman–Crippen LogP) is 5.25. The first kappa shape index (κ1) is 19.7. The number of nitriles is 2. The predicted molar refractivity (Wildman–Crippen MR) is 119 cm³/mol. The Morgan fingerprint density at radius 3 is 2.16 bits per heavy atom. The van der Waals surface area contributed by atoms with Crippen LogP contribution < -0.4 is 10.2 Å². The third kappa shape index (κ3) is 3.94. The van der Waals surface area contributed by atoms with Gasteiger partial charge >= 0.3 is 0 Å². The van der Waals surface area contributed by atoms with E-state index in [0.717, 1.165) is 16.9 Å². The van der Waals surface area contributed by atoms with E-state index in [1.54, 1.807) is 37.4 Å². The maximum absolute atomic E-state index is 12.7. The highest BCUT2D eigenvalue weighted by Gasteiger charge is 2.16. The highest BCUT2D eigenvalue weighted by atomic mass is 16.5. The van der Waals surface area contributed by atoms with E-state index >= 15 is 0 Å². The summed E-state index contributed by atoms with van der Waals surface area (Å²) in [4.78, 5) is 12.7. The van der Waals surface area contributed by atoms with Crippen LogP contribution in [0.1, 0.15) is 11.1 Å². The van der Waals surface area contributed by atoms with Crippen LogP contribution in [-0.2, 0) is 7.05 Å². The van der Waals surface area contributed by atoms with Crippen LogP contribution >= 0.6 is 0 Å². The lowest BCUT2D eigenvalue weighted by atomic mass is 10.0. The third-order valence-corrected chi connectivity index (χ3v) is 4.95. The van der Waals surface area contributed by atoms with E-state index in [2.05, 4.69) is 6.07 Å². The Labute approximate surface area is 179 Å². The van der Waals surface area contributed by atoms with E-state index in [1.807, 2.05) is 59.2 Å². The van der Waals surface area contributed by atoms with Crippen LogP contribution in [0.2, 0.25) is 0 Å². The van der Waals surface area contributed by atoms with Gasteiger partial charge in [0.15, 0.2) is 0 Å². The Morgan fingerprint density at radius 1 is 0.774 bits per heavy atom. The number of hydrogen-bond acceptors (Lipinski definition) is 4. The lowest BCUT2D eigenvalue weighted by Gasteiger charge is -2.17. The molecule has 4 rings (SSSR count). The second-order valence-electron chi connectivity index (χ2n) is 6.92. The Morgan fingerprint density at radius 2 is 1.48 bits per heavy atom. The van der Waals surface area contributed by atoms with Crippen molar-refractivity contribution in [2.45, 2.75) is 0 Å². The first-order chi connectivity index (χ1) is 15.1. The van der Waals surface area contributed by atoms with Gasteiger partial charge in [-0.1, -0.05) is 30.3 Å². The van der Waals surface area contributed by atoms with Crippen molar-refractivity contribution in [3.8, 4) is 46.2 Å². The standard InChI is InChI=1S/C26H17N3O2/c1-29-24(20-7-5-6-18(14-20)16-27)15-25(30)23(17-28)26(29)19-10-12-22(13-11-19)31-21-8-3-2-4-9-21/h2-15H,1H3. The Kier molecular flexibility index (Phi) is 5.34. The number of aromatic nitrogens is 1. The molecule has 5 heteroatoms. The lowest BCUT2D eigenvalue weighted by Crippen LogP contribution is -2.15. The molecule has 3 aromatic carbocycles. The zero-order chi connectivity index (χ0) is 21.8. The van der Waals surface area contributed by atoms with Crippen molar-refractivity contribution < 1.29 is 4.74 Å². The van der Waals surface area contributed by atoms with Gasteiger partial charge in [0, 0.05) is 13.1 Å². The quantitative estimate of drug-likeness (QED) is 0.466. The number of hydrogen-bond donors (Lipinski definition) is 0. The number of pyridine rings is 1. The van der Waals surface area contributed by atoms with Gasteiger partial charge in [0.25, 0.3) is 0 Å². The number of benzene rings is 3. The van der Waals surface area contributed by atoms with E-state index < -0.39 is 0 Å². The van der Waals surface area contributed by atoms with Crippen LogP contribution in [0.4, 0.5) is 0 Å². The minimum absolute atomic E-state index is 0.0689. The molecule has 0 fully saturated rings. The molecule has 1 aromatic heterocycles. The van der Waals surface area contributed by atoms with Gasteiger partial charge in [-0.15, -0.1) is 0 Å². The average molecular weight is 403 g/mol. The summed E-state index contributed by atoms with van der Waals surface area (Å²) in [5.41, 5.74) is 2.79. The van der Waals surface area contributed by atoms with Gasteiger partial charge in [0.1, 0.15) is 23.1 Å². The maximum atomic E-state index is 12.7. The molecule has 0 aliphatic carbocycles. The fourth-order valence-corrected chi connectivity index (χ4v) is 3.47. The Bertz CT molecular complexity index is 1390. The van der Waals surface area contributed by atoms with E-state index in [-0.39, 0.29) is 11.0 Å². The van der Waals surface area contributed by atoms with Crippen molar-refractivity contribution in [1.29, 1.82) is 10.5 Å². The summed E-state index contributed by atoms with van der Waals surface area (Å²) in [6.07, 6.45) is 0. The molecule has 31 heavy (non-hydrogen) atoms. The van der Waals surface area contributed by atoms with Gasteiger partial charge in [-0.25, -0.2) is 0 Å². The van der Waals surface area contributed by atoms with E-state index in [1.165, 1.54) is 6.07 Å². The van der Waals surface area contributed by atoms with Crippen molar-refractivity contribution in [1.82, 2.24) is 4.57 Å². The normalized spacial score (nSPS) is 10.2. The second kappa shape index (κ2) is 8.41. The molecular formula is C26H17N3O2. The molecule has 0 unspecified atom stereocenters. The molecule has 1 heterocycles. The molecule has 0 bridgehead atoms. The SMILES string of the molecule is Cn1c(-c2cccc(C#N)c2)cc(=O)c(C#N)c1-c1ccc(Oc2ccccc2)cc1. The molecule has 5 nitrogen and oxygen atoms in total. The number of nitrogens with zero attached hydrogens (tertiary/aromatic N) is 3. The van der Waals surface area contributed by atoms with Crippen molar-refractivity contribution in [2.75, 3.05) is 0 Å². The van der Waals surface area contributed by atoms with Crippen LogP contribution in [-0.4, -0.2) is 4.57 Å². The third-order valence-electron chi connectivity index (χ3n) is 4.95. The van der Waals surface area contributed by atoms with E-state index in [4.69, 9.17) is 4.74 Å². The topological polar surface area (TPSA) is 78.8 Å². The van der Waals surface area contributed by atoms with Gasteiger partial charge in [-0.05, 0) is 59.7 Å². The highest BCUT2D eigenvalue weighted by Crippen LogP contribution is 2.30. The van der Waals surface area contributed by atoms with Crippen molar-refractivity contribution in [3.63, 3.8) is 0 Å². The molecule has 4 aromatic rings. The molecule has 0 amide bonds. The molecule has 0 saturated heterocycles.